The van der Waals surface area contributed by atoms with Crippen molar-refractivity contribution in [1.29, 1.82) is 0 Å². The highest BCUT2D eigenvalue weighted by atomic mass is 16.6. The van der Waals surface area contributed by atoms with E-state index in [-0.39, 0.29) is 5.69 Å². The number of nitrogens with zero attached hydrogens (tertiary/aromatic N) is 1. The topological polar surface area (TPSA) is 72.6 Å². The van der Waals surface area contributed by atoms with Crippen LogP contribution in [0.5, 0.6) is 0 Å². The standard InChI is InChI=1S/C11H15NO4/c1-16-7-6-11(13)8-9-2-4-10(5-3-9)12(14)15/h2-5,11,13H,6-8H2,1H3. The smallest absolute Gasteiger partial charge is 0.269 e. The molecule has 5 heteroatoms. The molecule has 0 radical (unpaired) electrons. The monoisotopic (exact) mass is 225 g/mol. The van der Waals surface area contributed by atoms with Crippen molar-refractivity contribution < 1.29 is 14.8 Å². The minimum Gasteiger partial charge on any atom is -0.393 e. The van der Waals surface area contributed by atoms with Crippen LogP contribution in [-0.4, -0.2) is 29.9 Å². The molecule has 0 aromatic heterocycles. The number of aliphatic hydroxyl groups is 1. The van der Waals surface area contributed by atoms with E-state index in [0.717, 1.165) is 5.56 Å². The van der Waals surface area contributed by atoms with Crippen molar-refractivity contribution >= 4 is 5.69 Å². The van der Waals surface area contributed by atoms with Gasteiger partial charge in [0.15, 0.2) is 0 Å². The van der Waals surface area contributed by atoms with Crippen LogP contribution in [0.25, 0.3) is 0 Å². The van der Waals surface area contributed by atoms with Crippen molar-refractivity contribution in [1.82, 2.24) is 0 Å². The number of hydrogen-bond donors (Lipinski definition) is 1. The van der Waals surface area contributed by atoms with Gasteiger partial charge >= 0.3 is 0 Å². The van der Waals surface area contributed by atoms with Crippen LogP contribution < -0.4 is 0 Å². The van der Waals surface area contributed by atoms with Gasteiger partial charge < -0.3 is 9.84 Å². The molecule has 0 saturated heterocycles. The van der Waals surface area contributed by atoms with Crippen molar-refractivity contribution in [2.75, 3.05) is 13.7 Å². The zero-order valence-corrected chi connectivity index (χ0v) is 9.13. The van der Waals surface area contributed by atoms with Crippen LogP contribution in [0.1, 0.15) is 12.0 Å². The van der Waals surface area contributed by atoms with E-state index < -0.39 is 11.0 Å². The maximum Gasteiger partial charge on any atom is 0.269 e. The summed E-state index contributed by atoms with van der Waals surface area (Å²) in [5.41, 5.74) is 0.948. The van der Waals surface area contributed by atoms with Gasteiger partial charge in [0.1, 0.15) is 0 Å². The molecule has 0 saturated carbocycles. The van der Waals surface area contributed by atoms with E-state index >= 15 is 0 Å². The summed E-state index contributed by atoms with van der Waals surface area (Å²) in [5, 5.41) is 20.0. The van der Waals surface area contributed by atoms with Crippen LogP contribution in [0.3, 0.4) is 0 Å². The number of ether oxygens (including phenoxy) is 1. The molecule has 16 heavy (non-hydrogen) atoms. The number of rotatable bonds is 6. The molecule has 0 spiro atoms. The van der Waals surface area contributed by atoms with Gasteiger partial charge in [0.05, 0.1) is 11.0 Å². The van der Waals surface area contributed by atoms with Crippen molar-refractivity contribution in [3.8, 4) is 0 Å². The molecule has 0 amide bonds. The molecule has 1 aromatic rings. The number of benzene rings is 1. The average Bonchev–Trinajstić information content (AvgIpc) is 2.27. The van der Waals surface area contributed by atoms with Gasteiger partial charge in [0.25, 0.3) is 5.69 Å². The number of nitro benzene ring substituents is 1. The lowest BCUT2D eigenvalue weighted by Gasteiger charge is -2.09. The Morgan fingerprint density at radius 3 is 2.56 bits per heavy atom. The normalized spacial score (nSPS) is 12.4. The summed E-state index contributed by atoms with van der Waals surface area (Å²) in [6, 6.07) is 6.21. The minimum atomic E-state index is -0.471. The lowest BCUT2D eigenvalue weighted by atomic mass is 10.1. The summed E-state index contributed by atoms with van der Waals surface area (Å²) in [7, 11) is 1.58. The third-order valence-electron chi connectivity index (χ3n) is 2.27. The first-order valence-electron chi connectivity index (χ1n) is 5.04. The molecular formula is C11H15NO4. The number of aliphatic hydroxyl groups excluding tert-OH is 1. The molecule has 1 atom stereocenters. The number of non-ortho nitro benzene ring substituents is 1. The molecule has 1 N–H and O–H groups in total. The summed E-state index contributed by atoms with van der Waals surface area (Å²) in [4.78, 5) is 9.98. The summed E-state index contributed by atoms with van der Waals surface area (Å²) in [5.74, 6) is 0. The van der Waals surface area contributed by atoms with Crippen LogP contribution >= 0.6 is 0 Å². The number of methoxy groups -OCH3 is 1. The Kier molecular flexibility index (Phi) is 4.88. The predicted octanol–water partition coefficient (Wildman–Crippen LogP) is 1.53. The summed E-state index contributed by atoms with van der Waals surface area (Å²) in [6.45, 7) is 0.508. The maximum atomic E-state index is 10.4. The Bertz CT molecular complexity index is 336. The van der Waals surface area contributed by atoms with Gasteiger partial charge in [-0.1, -0.05) is 12.1 Å². The van der Waals surface area contributed by atoms with Gasteiger partial charge in [-0.25, -0.2) is 0 Å². The molecule has 0 aliphatic rings. The highest BCUT2D eigenvalue weighted by Crippen LogP contribution is 2.13. The Hall–Kier alpha value is -1.46. The van der Waals surface area contributed by atoms with E-state index in [9.17, 15) is 15.2 Å². The molecular weight excluding hydrogens is 210 g/mol. The first-order valence-corrected chi connectivity index (χ1v) is 5.04. The van der Waals surface area contributed by atoms with Crippen LogP contribution in [-0.2, 0) is 11.2 Å². The number of hydrogen-bond acceptors (Lipinski definition) is 4. The second-order valence-corrected chi connectivity index (χ2v) is 3.56. The lowest BCUT2D eigenvalue weighted by Crippen LogP contribution is -2.12. The quantitative estimate of drug-likeness (QED) is 0.588. The van der Waals surface area contributed by atoms with Crippen LogP contribution in [0.15, 0.2) is 24.3 Å². The van der Waals surface area contributed by atoms with Gasteiger partial charge in [-0.3, -0.25) is 10.1 Å². The second-order valence-electron chi connectivity index (χ2n) is 3.56. The Morgan fingerprint density at radius 1 is 1.44 bits per heavy atom. The van der Waals surface area contributed by atoms with E-state index in [4.69, 9.17) is 4.74 Å². The largest absolute Gasteiger partial charge is 0.393 e. The number of nitro groups is 1. The summed E-state index contributed by atoms with van der Waals surface area (Å²) in [6.07, 6.45) is 0.580. The van der Waals surface area contributed by atoms with Crippen LogP contribution in [0, 0.1) is 10.1 Å². The third kappa shape index (κ3) is 3.96. The van der Waals surface area contributed by atoms with Crippen molar-refractivity contribution in [3.05, 3.63) is 39.9 Å². The van der Waals surface area contributed by atoms with Gasteiger partial charge in [-0.2, -0.15) is 0 Å². The minimum absolute atomic E-state index is 0.0649. The maximum absolute atomic E-state index is 10.4. The highest BCUT2D eigenvalue weighted by Gasteiger charge is 2.08. The Balaban J connectivity index is 2.51. The van der Waals surface area contributed by atoms with Crippen molar-refractivity contribution in [2.45, 2.75) is 18.9 Å². The van der Waals surface area contributed by atoms with Crippen molar-refractivity contribution in [3.63, 3.8) is 0 Å². The summed E-state index contributed by atoms with van der Waals surface area (Å²) < 4.78 is 4.85. The third-order valence-corrected chi connectivity index (χ3v) is 2.27. The SMILES string of the molecule is COCCC(O)Cc1ccc([N+](=O)[O-])cc1. The molecule has 1 aromatic carbocycles. The van der Waals surface area contributed by atoms with E-state index in [1.165, 1.54) is 12.1 Å². The van der Waals surface area contributed by atoms with E-state index in [1.54, 1.807) is 19.2 Å². The van der Waals surface area contributed by atoms with Crippen LogP contribution in [0.4, 0.5) is 5.69 Å². The van der Waals surface area contributed by atoms with Gasteiger partial charge in [-0.05, 0) is 18.4 Å². The molecule has 0 fully saturated rings. The molecule has 0 aliphatic heterocycles. The molecule has 5 nitrogen and oxygen atoms in total. The Morgan fingerprint density at radius 2 is 2.06 bits per heavy atom. The zero-order valence-electron chi connectivity index (χ0n) is 9.13. The Labute approximate surface area is 93.8 Å². The van der Waals surface area contributed by atoms with Gasteiger partial charge in [-0.15, -0.1) is 0 Å². The molecule has 1 unspecified atom stereocenters. The second kappa shape index (κ2) is 6.19. The first kappa shape index (κ1) is 12.6. The summed E-state index contributed by atoms with van der Waals surface area (Å²) >= 11 is 0. The lowest BCUT2D eigenvalue weighted by molar-refractivity contribution is -0.384. The van der Waals surface area contributed by atoms with Gasteiger partial charge in [0.2, 0.25) is 0 Å². The van der Waals surface area contributed by atoms with Crippen LogP contribution in [0.2, 0.25) is 0 Å². The highest BCUT2D eigenvalue weighted by molar-refractivity contribution is 5.33. The van der Waals surface area contributed by atoms with E-state index in [2.05, 4.69) is 0 Å². The fourth-order valence-electron chi connectivity index (χ4n) is 1.38. The average molecular weight is 225 g/mol. The fourth-order valence-corrected chi connectivity index (χ4v) is 1.38. The predicted molar refractivity (Wildman–Crippen MR) is 59.3 cm³/mol. The molecule has 0 bridgehead atoms. The van der Waals surface area contributed by atoms with E-state index in [0.29, 0.717) is 19.4 Å². The van der Waals surface area contributed by atoms with E-state index in [1.807, 2.05) is 0 Å². The molecule has 88 valence electrons. The van der Waals surface area contributed by atoms with Crippen molar-refractivity contribution in [2.24, 2.45) is 0 Å². The molecule has 0 aliphatic carbocycles. The first-order chi connectivity index (χ1) is 7.63. The fraction of sp³-hybridized carbons (Fsp3) is 0.455. The molecule has 0 heterocycles. The molecule has 1 rings (SSSR count). The zero-order chi connectivity index (χ0) is 12.0. The van der Waals surface area contributed by atoms with Gasteiger partial charge in [0, 0.05) is 25.8 Å².